The van der Waals surface area contributed by atoms with Gasteiger partial charge in [0.1, 0.15) is 0 Å². The number of rotatable bonds is 4. The molecule has 0 aromatic heterocycles. The van der Waals surface area contributed by atoms with Gasteiger partial charge in [-0.2, -0.15) is 0 Å². The Balaban J connectivity index is 3.67. The van der Waals surface area contributed by atoms with E-state index >= 15 is 0 Å². The first-order valence-corrected chi connectivity index (χ1v) is 4.09. The molecule has 3 nitrogen and oxygen atoms in total. The van der Waals surface area contributed by atoms with Crippen molar-refractivity contribution in [2.75, 3.05) is 7.05 Å². The number of hydrogen-bond donors (Lipinski definition) is 2. The maximum atomic E-state index is 10.9. The molecule has 0 heterocycles. The van der Waals surface area contributed by atoms with Crippen LogP contribution in [0.15, 0.2) is 0 Å². The fourth-order valence-corrected chi connectivity index (χ4v) is 0.893. The van der Waals surface area contributed by atoms with Gasteiger partial charge in [0.25, 0.3) is 0 Å². The Morgan fingerprint density at radius 1 is 1.64 bits per heavy atom. The normalized spacial score (nSPS) is 15.6. The third kappa shape index (κ3) is 3.98. The maximum Gasteiger partial charge on any atom is 0.236 e. The molecule has 0 aromatic rings. The standard InChI is InChI=1S/C8H18N2O/c1-4-6(2)5-7(9)8(11)10-3/h6-7H,4-5,9H2,1-3H3,(H,10,11)/t6-,7-/m0/s1. The molecular weight excluding hydrogens is 140 g/mol. The summed E-state index contributed by atoms with van der Waals surface area (Å²) in [6, 6.07) is -0.338. The SMILES string of the molecule is CC[C@H](C)C[C@H](N)C(=O)NC. The lowest BCUT2D eigenvalue weighted by Crippen LogP contribution is -2.39. The van der Waals surface area contributed by atoms with Crippen LogP contribution in [-0.4, -0.2) is 19.0 Å². The Kier molecular flexibility index (Phi) is 4.86. The number of hydrogen-bond acceptors (Lipinski definition) is 2. The summed E-state index contributed by atoms with van der Waals surface area (Å²) in [6.45, 7) is 4.20. The van der Waals surface area contributed by atoms with Gasteiger partial charge in [-0.15, -0.1) is 0 Å². The van der Waals surface area contributed by atoms with Gasteiger partial charge in [0.2, 0.25) is 5.91 Å². The van der Waals surface area contributed by atoms with E-state index in [4.69, 9.17) is 5.73 Å². The van der Waals surface area contributed by atoms with Crippen molar-refractivity contribution < 1.29 is 4.79 Å². The Hall–Kier alpha value is -0.570. The van der Waals surface area contributed by atoms with Crippen LogP contribution < -0.4 is 11.1 Å². The summed E-state index contributed by atoms with van der Waals surface area (Å²) in [4.78, 5) is 10.9. The van der Waals surface area contributed by atoms with E-state index in [0.717, 1.165) is 12.8 Å². The predicted octanol–water partition coefficient (Wildman–Crippen LogP) is 0.496. The van der Waals surface area contributed by atoms with Gasteiger partial charge < -0.3 is 11.1 Å². The molecular formula is C8H18N2O. The Labute approximate surface area is 68.3 Å². The van der Waals surface area contributed by atoms with Crippen molar-refractivity contribution in [3.63, 3.8) is 0 Å². The zero-order valence-electron chi connectivity index (χ0n) is 7.55. The highest BCUT2D eigenvalue weighted by Gasteiger charge is 2.13. The largest absolute Gasteiger partial charge is 0.358 e. The van der Waals surface area contributed by atoms with Crippen LogP contribution in [0.25, 0.3) is 0 Å². The minimum absolute atomic E-state index is 0.0645. The number of carbonyl (C=O) groups is 1. The van der Waals surface area contributed by atoms with Gasteiger partial charge in [-0.05, 0) is 12.3 Å². The Bertz CT molecular complexity index is 125. The molecule has 0 fully saturated rings. The van der Waals surface area contributed by atoms with Crippen molar-refractivity contribution in [2.24, 2.45) is 11.7 Å². The van der Waals surface area contributed by atoms with Gasteiger partial charge >= 0.3 is 0 Å². The monoisotopic (exact) mass is 158 g/mol. The van der Waals surface area contributed by atoms with Crippen molar-refractivity contribution in [1.82, 2.24) is 5.32 Å². The fraction of sp³-hybridized carbons (Fsp3) is 0.875. The summed E-state index contributed by atoms with van der Waals surface area (Å²) in [7, 11) is 1.61. The lowest BCUT2D eigenvalue weighted by atomic mass is 9.99. The Morgan fingerprint density at radius 2 is 2.18 bits per heavy atom. The first-order valence-electron chi connectivity index (χ1n) is 4.09. The molecule has 0 aliphatic carbocycles. The van der Waals surface area contributed by atoms with E-state index in [9.17, 15) is 4.79 Å². The second kappa shape index (κ2) is 5.13. The van der Waals surface area contributed by atoms with Crippen LogP contribution in [0.1, 0.15) is 26.7 Å². The molecule has 3 heteroatoms. The van der Waals surface area contributed by atoms with Crippen molar-refractivity contribution in [3.05, 3.63) is 0 Å². The molecule has 2 atom stereocenters. The van der Waals surface area contributed by atoms with Crippen LogP contribution in [-0.2, 0) is 4.79 Å². The number of nitrogens with one attached hydrogen (secondary N) is 1. The smallest absolute Gasteiger partial charge is 0.236 e. The molecule has 1 amide bonds. The van der Waals surface area contributed by atoms with Crippen LogP contribution in [0, 0.1) is 5.92 Å². The molecule has 0 unspecified atom stereocenters. The van der Waals surface area contributed by atoms with E-state index in [1.165, 1.54) is 0 Å². The second-order valence-electron chi connectivity index (χ2n) is 2.97. The summed E-state index contributed by atoms with van der Waals surface area (Å²) in [5.41, 5.74) is 5.59. The number of likely N-dealkylation sites (N-methyl/N-ethyl adjacent to an activating group) is 1. The third-order valence-corrected chi connectivity index (χ3v) is 1.94. The number of carbonyl (C=O) groups excluding carboxylic acids is 1. The minimum Gasteiger partial charge on any atom is -0.358 e. The zero-order valence-corrected chi connectivity index (χ0v) is 7.55. The molecule has 0 rings (SSSR count). The molecule has 0 spiro atoms. The van der Waals surface area contributed by atoms with Crippen LogP contribution >= 0.6 is 0 Å². The molecule has 0 aliphatic heterocycles. The van der Waals surface area contributed by atoms with Gasteiger partial charge in [0.05, 0.1) is 6.04 Å². The summed E-state index contributed by atoms with van der Waals surface area (Å²) in [6.07, 6.45) is 1.85. The average Bonchev–Trinajstić information content (AvgIpc) is 2.02. The lowest BCUT2D eigenvalue weighted by Gasteiger charge is -2.13. The van der Waals surface area contributed by atoms with Crippen molar-refractivity contribution in [3.8, 4) is 0 Å². The van der Waals surface area contributed by atoms with E-state index in [1.54, 1.807) is 7.05 Å². The number of nitrogens with two attached hydrogens (primary N) is 1. The summed E-state index contributed by atoms with van der Waals surface area (Å²) >= 11 is 0. The highest BCUT2D eigenvalue weighted by Crippen LogP contribution is 2.07. The van der Waals surface area contributed by atoms with Gasteiger partial charge in [-0.25, -0.2) is 0 Å². The Morgan fingerprint density at radius 3 is 2.55 bits per heavy atom. The summed E-state index contributed by atoms with van der Waals surface area (Å²) in [5.74, 6) is 0.465. The predicted molar refractivity (Wildman–Crippen MR) is 46.1 cm³/mol. The van der Waals surface area contributed by atoms with Crippen molar-refractivity contribution in [2.45, 2.75) is 32.7 Å². The van der Waals surface area contributed by atoms with E-state index in [0.29, 0.717) is 5.92 Å². The first-order chi connectivity index (χ1) is 5.11. The van der Waals surface area contributed by atoms with Crippen LogP contribution in [0.4, 0.5) is 0 Å². The molecule has 0 aliphatic rings. The quantitative estimate of drug-likeness (QED) is 0.626. The highest BCUT2D eigenvalue weighted by molar-refractivity contribution is 5.81. The van der Waals surface area contributed by atoms with Gasteiger partial charge in [0, 0.05) is 7.05 Å². The first kappa shape index (κ1) is 10.4. The molecule has 0 aromatic carbocycles. The van der Waals surface area contributed by atoms with E-state index in [1.807, 2.05) is 0 Å². The number of amides is 1. The van der Waals surface area contributed by atoms with E-state index in [-0.39, 0.29) is 11.9 Å². The molecule has 0 saturated carbocycles. The van der Waals surface area contributed by atoms with E-state index < -0.39 is 0 Å². The molecule has 11 heavy (non-hydrogen) atoms. The zero-order chi connectivity index (χ0) is 8.85. The summed E-state index contributed by atoms with van der Waals surface area (Å²) in [5, 5.41) is 2.53. The third-order valence-electron chi connectivity index (χ3n) is 1.94. The minimum atomic E-state index is -0.338. The molecule has 0 saturated heterocycles. The lowest BCUT2D eigenvalue weighted by molar-refractivity contribution is -0.122. The fourth-order valence-electron chi connectivity index (χ4n) is 0.893. The van der Waals surface area contributed by atoms with Gasteiger partial charge in [-0.1, -0.05) is 20.3 Å². The second-order valence-corrected chi connectivity index (χ2v) is 2.97. The maximum absolute atomic E-state index is 10.9. The molecule has 0 bridgehead atoms. The van der Waals surface area contributed by atoms with Gasteiger partial charge in [0.15, 0.2) is 0 Å². The molecule has 66 valence electrons. The van der Waals surface area contributed by atoms with Crippen LogP contribution in [0.5, 0.6) is 0 Å². The van der Waals surface area contributed by atoms with E-state index in [2.05, 4.69) is 19.2 Å². The van der Waals surface area contributed by atoms with Gasteiger partial charge in [-0.3, -0.25) is 4.79 Å². The topological polar surface area (TPSA) is 55.1 Å². The van der Waals surface area contributed by atoms with Crippen molar-refractivity contribution in [1.29, 1.82) is 0 Å². The van der Waals surface area contributed by atoms with Crippen LogP contribution in [0.2, 0.25) is 0 Å². The summed E-state index contributed by atoms with van der Waals surface area (Å²) < 4.78 is 0. The molecule has 0 radical (unpaired) electrons. The highest BCUT2D eigenvalue weighted by atomic mass is 16.2. The van der Waals surface area contributed by atoms with Crippen molar-refractivity contribution >= 4 is 5.91 Å². The molecule has 3 N–H and O–H groups in total. The van der Waals surface area contributed by atoms with Crippen LogP contribution in [0.3, 0.4) is 0 Å². The average molecular weight is 158 g/mol.